The van der Waals surface area contributed by atoms with Crippen molar-refractivity contribution in [3.05, 3.63) is 95.0 Å². The molecule has 3 nitrogen and oxygen atoms in total. The number of hydrogen-bond acceptors (Lipinski definition) is 3. The van der Waals surface area contributed by atoms with E-state index in [1.165, 1.54) is 11.1 Å². The number of halogens is 1. The summed E-state index contributed by atoms with van der Waals surface area (Å²) >= 11 is 6.44. The van der Waals surface area contributed by atoms with Crippen molar-refractivity contribution in [2.75, 3.05) is 4.90 Å². The van der Waals surface area contributed by atoms with E-state index in [0.717, 1.165) is 51.8 Å². The number of para-hydroxylation sites is 2. The van der Waals surface area contributed by atoms with Crippen molar-refractivity contribution in [1.29, 1.82) is 0 Å². The van der Waals surface area contributed by atoms with E-state index >= 15 is 0 Å². The van der Waals surface area contributed by atoms with Crippen molar-refractivity contribution >= 4 is 50.6 Å². The summed E-state index contributed by atoms with van der Waals surface area (Å²) in [5.74, 6) is 0.124. The third kappa shape index (κ3) is 3.65. The summed E-state index contributed by atoms with van der Waals surface area (Å²) in [6, 6.07) is 26.3. The van der Waals surface area contributed by atoms with Crippen LogP contribution in [0.2, 0.25) is 5.02 Å². The molecule has 0 saturated heterocycles. The normalized spacial score (nSPS) is 16.2. The molecule has 4 aromatic carbocycles. The molecule has 0 radical (unpaired) electrons. The van der Waals surface area contributed by atoms with Gasteiger partial charge in [0.15, 0.2) is 5.58 Å². The van der Waals surface area contributed by atoms with Crippen molar-refractivity contribution in [2.24, 2.45) is 0 Å². The molecule has 182 valence electrons. The third-order valence-corrected chi connectivity index (χ3v) is 8.06. The summed E-state index contributed by atoms with van der Waals surface area (Å²) in [4.78, 5) is 2.15. The molecule has 1 aliphatic carbocycles. The Morgan fingerprint density at radius 1 is 0.750 bits per heavy atom. The van der Waals surface area contributed by atoms with Crippen LogP contribution in [-0.4, -0.2) is 5.11 Å². The van der Waals surface area contributed by atoms with Crippen LogP contribution in [0.4, 0.5) is 17.1 Å². The Hall–Kier alpha value is -3.43. The number of furan rings is 1. The number of phenols is 1. The van der Waals surface area contributed by atoms with Crippen LogP contribution in [0.15, 0.2) is 83.3 Å². The molecule has 0 bridgehead atoms. The van der Waals surface area contributed by atoms with E-state index in [0.29, 0.717) is 5.02 Å². The Morgan fingerprint density at radius 2 is 1.47 bits per heavy atom. The van der Waals surface area contributed by atoms with Gasteiger partial charge >= 0.3 is 0 Å². The molecule has 5 aromatic rings. The van der Waals surface area contributed by atoms with E-state index < -0.39 is 0 Å². The van der Waals surface area contributed by atoms with Crippen LogP contribution in [0.1, 0.15) is 51.7 Å². The number of fused-ring (bicyclic) bond motifs is 4. The lowest BCUT2D eigenvalue weighted by atomic mass is 9.63. The molecule has 0 amide bonds. The zero-order valence-electron chi connectivity index (χ0n) is 21.1. The molecular weight excluding hydrogens is 466 g/mol. The molecule has 0 saturated carbocycles. The summed E-state index contributed by atoms with van der Waals surface area (Å²) < 4.78 is 6.42. The van der Waals surface area contributed by atoms with Crippen molar-refractivity contribution in [3.8, 4) is 5.75 Å². The SMILES string of the molecule is CC1(C)CCC(C)(C)c2cc(N(c3cc(O)cc(Cl)c3)c3cccc4c3oc3ccccc34)ccc21. The number of benzene rings is 4. The average Bonchev–Trinajstić information content (AvgIpc) is 3.21. The molecule has 1 heterocycles. The standard InChI is InChI=1S/C32H30ClNO2/c1-31(2)14-15-32(3,4)27-19-21(12-13-26(27)31)34(22-16-20(33)17-23(35)18-22)28-10-7-9-25-24-8-5-6-11-29(24)36-30(25)28/h5-13,16-19,35H,14-15H2,1-4H3. The Bertz CT molecular complexity index is 1610. The number of rotatable bonds is 3. The van der Waals surface area contributed by atoms with Crippen LogP contribution < -0.4 is 4.90 Å². The highest BCUT2D eigenvalue weighted by atomic mass is 35.5. The largest absolute Gasteiger partial charge is 0.508 e. The first-order valence-electron chi connectivity index (χ1n) is 12.5. The fourth-order valence-electron chi connectivity index (χ4n) is 5.74. The van der Waals surface area contributed by atoms with E-state index in [4.69, 9.17) is 16.0 Å². The van der Waals surface area contributed by atoms with Crippen molar-refractivity contribution in [2.45, 2.75) is 51.4 Å². The minimum atomic E-state index is 0.0639. The van der Waals surface area contributed by atoms with Crippen molar-refractivity contribution in [3.63, 3.8) is 0 Å². The minimum Gasteiger partial charge on any atom is -0.508 e. The predicted molar refractivity (Wildman–Crippen MR) is 150 cm³/mol. The van der Waals surface area contributed by atoms with Crippen LogP contribution >= 0.6 is 11.6 Å². The highest BCUT2D eigenvalue weighted by molar-refractivity contribution is 6.31. The molecule has 1 N–H and O–H groups in total. The Labute approximate surface area is 216 Å². The quantitative estimate of drug-likeness (QED) is 0.270. The lowest BCUT2D eigenvalue weighted by Gasteiger charge is -2.42. The molecule has 1 aliphatic rings. The van der Waals surface area contributed by atoms with Crippen LogP contribution in [0.5, 0.6) is 5.75 Å². The lowest BCUT2D eigenvalue weighted by Crippen LogP contribution is -2.34. The number of aromatic hydroxyl groups is 1. The zero-order valence-corrected chi connectivity index (χ0v) is 21.9. The van der Waals surface area contributed by atoms with Gasteiger partial charge in [-0.05, 0) is 71.2 Å². The molecular formula is C32H30ClNO2. The third-order valence-electron chi connectivity index (χ3n) is 7.84. The molecule has 0 spiro atoms. The number of hydrogen-bond donors (Lipinski definition) is 1. The second-order valence-electron chi connectivity index (χ2n) is 11.3. The maximum Gasteiger partial charge on any atom is 0.159 e. The number of anilines is 3. The van der Waals surface area contributed by atoms with Crippen LogP contribution in [-0.2, 0) is 10.8 Å². The highest BCUT2D eigenvalue weighted by Crippen LogP contribution is 2.49. The summed E-state index contributed by atoms with van der Waals surface area (Å²) in [5, 5.41) is 13.1. The summed E-state index contributed by atoms with van der Waals surface area (Å²) in [5.41, 5.74) is 7.30. The monoisotopic (exact) mass is 495 g/mol. The number of nitrogens with zero attached hydrogens (tertiary/aromatic N) is 1. The van der Waals surface area contributed by atoms with Gasteiger partial charge in [-0.25, -0.2) is 0 Å². The first-order valence-corrected chi connectivity index (χ1v) is 12.9. The summed E-state index contributed by atoms with van der Waals surface area (Å²) in [6.07, 6.45) is 2.30. The summed E-state index contributed by atoms with van der Waals surface area (Å²) in [6.45, 7) is 9.34. The topological polar surface area (TPSA) is 36.6 Å². The van der Waals surface area contributed by atoms with Gasteiger partial charge in [0.05, 0.1) is 11.4 Å². The average molecular weight is 496 g/mol. The van der Waals surface area contributed by atoms with Crippen molar-refractivity contribution in [1.82, 2.24) is 0 Å². The van der Waals surface area contributed by atoms with Gasteiger partial charge in [0.2, 0.25) is 0 Å². The van der Waals surface area contributed by atoms with Gasteiger partial charge in [0.25, 0.3) is 0 Å². The van der Waals surface area contributed by atoms with Crippen molar-refractivity contribution < 1.29 is 9.52 Å². The molecule has 36 heavy (non-hydrogen) atoms. The number of phenolic OH excluding ortho intramolecular Hbond substituents is 1. The van der Waals surface area contributed by atoms with E-state index in [-0.39, 0.29) is 16.6 Å². The predicted octanol–water partition coefficient (Wildman–Crippen LogP) is 9.76. The maximum atomic E-state index is 10.5. The van der Waals surface area contributed by atoms with E-state index in [1.807, 2.05) is 24.3 Å². The van der Waals surface area contributed by atoms with E-state index in [9.17, 15) is 5.11 Å². The Balaban J connectivity index is 1.65. The van der Waals surface area contributed by atoms with Crippen LogP contribution in [0.25, 0.3) is 21.9 Å². The smallest absolute Gasteiger partial charge is 0.159 e. The van der Waals surface area contributed by atoms with E-state index in [1.54, 1.807) is 12.1 Å². The van der Waals surface area contributed by atoms with Crippen LogP contribution in [0.3, 0.4) is 0 Å². The molecule has 4 heteroatoms. The first kappa shape index (κ1) is 23.0. The second kappa shape index (κ2) is 8.04. The molecule has 1 aromatic heterocycles. The molecule has 0 fully saturated rings. The van der Waals surface area contributed by atoms with Gasteiger partial charge in [0, 0.05) is 27.5 Å². The summed E-state index contributed by atoms with van der Waals surface area (Å²) in [7, 11) is 0. The first-order chi connectivity index (χ1) is 17.1. The van der Waals surface area contributed by atoms with Crippen LogP contribution in [0, 0.1) is 0 Å². The van der Waals surface area contributed by atoms with Gasteiger partial charge in [0.1, 0.15) is 11.3 Å². The maximum absolute atomic E-state index is 10.5. The van der Waals surface area contributed by atoms with Gasteiger partial charge in [-0.2, -0.15) is 0 Å². The molecule has 0 aliphatic heterocycles. The van der Waals surface area contributed by atoms with Gasteiger partial charge in [-0.1, -0.05) is 75.7 Å². The molecule has 0 unspecified atom stereocenters. The van der Waals surface area contributed by atoms with Gasteiger partial charge in [-0.15, -0.1) is 0 Å². The Kier molecular flexibility index (Phi) is 5.14. The molecule has 0 atom stereocenters. The zero-order chi connectivity index (χ0) is 25.2. The Morgan fingerprint density at radius 3 is 2.25 bits per heavy atom. The fraction of sp³-hybridized carbons (Fsp3) is 0.250. The lowest BCUT2D eigenvalue weighted by molar-refractivity contribution is 0.332. The fourth-order valence-corrected chi connectivity index (χ4v) is 5.96. The van der Waals surface area contributed by atoms with Gasteiger partial charge in [-0.3, -0.25) is 0 Å². The van der Waals surface area contributed by atoms with Gasteiger partial charge < -0.3 is 14.4 Å². The minimum absolute atomic E-state index is 0.0639. The second-order valence-corrected chi connectivity index (χ2v) is 11.7. The molecule has 6 rings (SSSR count). The van der Waals surface area contributed by atoms with E-state index in [2.05, 4.69) is 75.1 Å². The highest BCUT2D eigenvalue weighted by Gasteiger charge is 2.37.